The fourth-order valence-corrected chi connectivity index (χ4v) is 3.30. The number of fused-ring (bicyclic) bond motifs is 1. The van der Waals surface area contributed by atoms with Gasteiger partial charge in [0.2, 0.25) is 6.04 Å². The summed E-state index contributed by atoms with van der Waals surface area (Å²) in [5.74, 6) is -3.95. The lowest BCUT2D eigenvalue weighted by molar-refractivity contribution is -0.128. The molecule has 4 aromatic rings. The average molecular weight is 459 g/mol. The highest BCUT2D eigenvalue weighted by molar-refractivity contribution is 6.13. The zero-order valence-corrected chi connectivity index (χ0v) is 17.4. The van der Waals surface area contributed by atoms with Crippen LogP contribution >= 0.6 is 0 Å². The third-order valence-corrected chi connectivity index (χ3v) is 4.87. The second-order valence-corrected chi connectivity index (χ2v) is 7.18. The second-order valence-electron chi connectivity index (χ2n) is 7.18. The van der Waals surface area contributed by atoms with Crippen LogP contribution in [0.5, 0.6) is 0 Å². The predicted octanol–water partition coefficient (Wildman–Crippen LogP) is 2.65. The van der Waals surface area contributed by atoms with Gasteiger partial charge in [0.15, 0.2) is 0 Å². The number of aromatic carboxylic acids is 2. The standard InChI is InChI=1S/C23H17N5O6/c29-20(24-15-7-3-5-13(11-15)22(31)32)19(28-18-10-2-1-9-17(18)26-27-28)21(30)25-16-8-4-6-14(12-16)23(33)34/h1-12,19H,(H,24,29)(H,25,30)(H,31,32)(H,33,34). The highest BCUT2D eigenvalue weighted by Gasteiger charge is 2.32. The molecule has 0 saturated heterocycles. The maximum Gasteiger partial charge on any atom is 0.335 e. The van der Waals surface area contributed by atoms with E-state index in [9.17, 15) is 29.4 Å². The van der Waals surface area contributed by atoms with Gasteiger partial charge in [0, 0.05) is 11.4 Å². The third kappa shape index (κ3) is 4.58. The summed E-state index contributed by atoms with van der Waals surface area (Å²) in [6.45, 7) is 0. The van der Waals surface area contributed by atoms with Gasteiger partial charge in [0.1, 0.15) is 5.52 Å². The zero-order chi connectivity index (χ0) is 24.2. The molecule has 34 heavy (non-hydrogen) atoms. The van der Waals surface area contributed by atoms with Crippen molar-refractivity contribution in [3.05, 3.63) is 83.9 Å². The first-order valence-corrected chi connectivity index (χ1v) is 9.92. The molecule has 0 saturated carbocycles. The van der Waals surface area contributed by atoms with Gasteiger partial charge >= 0.3 is 11.9 Å². The number of aromatic nitrogens is 3. The molecule has 11 heteroatoms. The number of carboxylic acid groups (broad SMARTS) is 2. The van der Waals surface area contributed by atoms with Gasteiger partial charge in [-0.2, -0.15) is 0 Å². The fraction of sp³-hybridized carbons (Fsp3) is 0.0435. The molecule has 0 unspecified atom stereocenters. The van der Waals surface area contributed by atoms with Gasteiger partial charge in [0.25, 0.3) is 11.8 Å². The maximum absolute atomic E-state index is 13.2. The molecule has 0 spiro atoms. The van der Waals surface area contributed by atoms with Crippen molar-refractivity contribution in [2.45, 2.75) is 6.04 Å². The smallest absolute Gasteiger partial charge is 0.335 e. The quantitative estimate of drug-likeness (QED) is 0.306. The lowest BCUT2D eigenvalue weighted by atomic mass is 10.1. The molecule has 0 fully saturated rings. The molecule has 4 rings (SSSR count). The Morgan fingerprint density at radius 2 is 1.26 bits per heavy atom. The molecule has 0 aliphatic heterocycles. The Kier molecular flexibility index (Phi) is 5.99. The largest absolute Gasteiger partial charge is 0.478 e. The summed E-state index contributed by atoms with van der Waals surface area (Å²) in [6, 6.07) is 16.3. The van der Waals surface area contributed by atoms with Crippen molar-refractivity contribution in [2.24, 2.45) is 0 Å². The molecule has 0 bridgehead atoms. The molecule has 170 valence electrons. The zero-order valence-electron chi connectivity index (χ0n) is 17.4. The molecule has 4 N–H and O–H groups in total. The number of nitrogens with one attached hydrogen (secondary N) is 2. The van der Waals surface area contributed by atoms with Gasteiger partial charge in [-0.1, -0.05) is 29.5 Å². The summed E-state index contributed by atoms with van der Waals surface area (Å²) < 4.78 is 1.14. The van der Waals surface area contributed by atoms with E-state index in [2.05, 4.69) is 20.9 Å². The molecular weight excluding hydrogens is 442 g/mol. The Balaban J connectivity index is 1.70. The molecule has 3 aromatic carbocycles. The third-order valence-electron chi connectivity index (χ3n) is 4.87. The van der Waals surface area contributed by atoms with Crippen molar-refractivity contribution >= 4 is 46.2 Å². The Hall–Kier alpha value is -5.06. The van der Waals surface area contributed by atoms with Gasteiger partial charge in [-0.05, 0) is 48.5 Å². The van der Waals surface area contributed by atoms with E-state index in [4.69, 9.17) is 0 Å². The molecule has 0 aliphatic carbocycles. The van der Waals surface area contributed by atoms with Crippen LogP contribution in [-0.4, -0.2) is 49.0 Å². The molecule has 11 nitrogen and oxygen atoms in total. The first kappa shape index (κ1) is 22.1. The Morgan fingerprint density at radius 3 is 1.79 bits per heavy atom. The molecule has 0 radical (unpaired) electrons. The average Bonchev–Trinajstić information content (AvgIpc) is 3.23. The van der Waals surface area contributed by atoms with Crippen LogP contribution in [0.1, 0.15) is 26.8 Å². The number of para-hydroxylation sites is 1. The van der Waals surface area contributed by atoms with Crippen LogP contribution < -0.4 is 10.6 Å². The van der Waals surface area contributed by atoms with Gasteiger partial charge in [-0.3, -0.25) is 9.59 Å². The SMILES string of the molecule is O=C(O)c1cccc(NC(=O)C(C(=O)Nc2cccc(C(=O)O)c2)n2nnc3ccccc32)c1. The second kappa shape index (κ2) is 9.20. The highest BCUT2D eigenvalue weighted by Crippen LogP contribution is 2.21. The summed E-state index contributed by atoms with van der Waals surface area (Å²) in [5.41, 5.74) is 1.11. The first-order chi connectivity index (χ1) is 16.3. The van der Waals surface area contributed by atoms with E-state index < -0.39 is 29.8 Å². The van der Waals surface area contributed by atoms with Crippen LogP contribution in [0.25, 0.3) is 11.0 Å². The lowest BCUT2D eigenvalue weighted by Gasteiger charge is -2.18. The number of rotatable bonds is 7. The molecule has 1 heterocycles. The molecular formula is C23H17N5O6. The van der Waals surface area contributed by atoms with Gasteiger partial charge in [-0.15, -0.1) is 5.10 Å². The number of carbonyl (C=O) groups excluding carboxylic acids is 2. The summed E-state index contributed by atoms with van der Waals surface area (Å²) in [5, 5.41) is 31.4. The monoisotopic (exact) mass is 459 g/mol. The van der Waals surface area contributed by atoms with Crippen molar-refractivity contribution in [2.75, 3.05) is 10.6 Å². The Morgan fingerprint density at radius 1 is 0.735 bits per heavy atom. The number of anilines is 2. The molecule has 1 aromatic heterocycles. The van der Waals surface area contributed by atoms with E-state index in [1.54, 1.807) is 24.3 Å². The summed E-state index contributed by atoms with van der Waals surface area (Å²) in [6.07, 6.45) is 0. The molecule has 2 amide bonds. The van der Waals surface area contributed by atoms with Crippen LogP contribution in [0, 0.1) is 0 Å². The van der Waals surface area contributed by atoms with E-state index in [-0.39, 0.29) is 22.5 Å². The van der Waals surface area contributed by atoms with Crippen molar-refractivity contribution in [3.63, 3.8) is 0 Å². The summed E-state index contributed by atoms with van der Waals surface area (Å²) >= 11 is 0. The predicted molar refractivity (Wildman–Crippen MR) is 121 cm³/mol. The minimum atomic E-state index is -1.55. The van der Waals surface area contributed by atoms with E-state index >= 15 is 0 Å². The topological polar surface area (TPSA) is 164 Å². The number of carboxylic acids is 2. The number of hydrogen-bond donors (Lipinski definition) is 4. The summed E-state index contributed by atoms with van der Waals surface area (Å²) in [4.78, 5) is 49.0. The summed E-state index contributed by atoms with van der Waals surface area (Å²) in [7, 11) is 0. The van der Waals surface area contributed by atoms with Crippen molar-refractivity contribution < 1.29 is 29.4 Å². The van der Waals surface area contributed by atoms with E-state index in [0.29, 0.717) is 11.0 Å². The minimum Gasteiger partial charge on any atom is -0.478 e. The van der Waals surface area contributed by atoms with Crippen LogP contribution in [0.3, 0.4) is 0 Å². The number of amides is 2. The maximum atomic E-state index is 13.2. The van der Waals surface area contributed by atoms with Crippen LogP contribution in [0.15, 0.2) is 72.8 Å². The van der Waals surface area contributed by atoms with E-state index in [1.807, 2.05) is 0 Å². The van der Waals surface area contributed by atoms with Crippen LogP contribution in [0.2, 0.25) is 0 Å². The van der Waals surface area contributed by atoms with E-state index in [1.165, 1.54) is 48.5 Å². The minimum absolute atomic E-state index is 0.0458. The normalized spacial score (nSPS) is 10.7. The van der Waals surface area contributed by atoms with Crippen LogP contribution in [0.4, 0.5) is 11.4 Å². The van der Waals surface area contributed by atoms with Crippen LogP contribution in [-0.2, 0) is 9.59 Å². The van der Waals surface area contributed by atoms with Gasteiger partial charge in [0.05, 0.1) is 16.6 Å². The molecule has 0 aliphatic rings. The number of hydrogen-bond acceptors (Lipinski definition) is 6. The first-order valence-electron chi connectivity index (χ1n) is 9.92. The molecule has 0 atom stereocenters. The number of carbonyl (C=O) groups is 4. The fourth-order valence-electron chi connectivity index (χ4n) is 3.30. The van der Waals surface area contributed by atoms with Gasteiger partial charge in [-0.25, -0.2) is 14.3 Å². The van der Waals surface area contributed by atoms with Crippen molar-refractivity contribution in [3.8, 4) is 0 Å². The highest BCUT2D eigenvalue weighted by atomic mass is 16.4. The van der Waals surface area contributed by atoms with Gasteiger partial charge < -0.3 is 20.8 Å². The lowest BCUT2D eigenvalue weighted by Crippen LogP contribution is -2.36. The number of benzene rings is 3. The van der Waals surface area contributed by atoms with E-state index in [0.717, 1.165) is 4.68 Å². The Bertz CT molecular complexity index is 1360. The van der Waals surface area contributed by atoms with Crippen molar-refractivity contribution in [1.82, 2.24) is 15.0 Å². The number of nitrogens with zero attached hydrogens (tertiary/aromatic N) is 3. The van der Waals surface area contributed by atoms with Crippen molar-refractivity contribution in [1.29, 1.82) is 0 Å². The Labute approximate surface area is 191 Å².